The zero-order valence-corrected chi connectivity index (χ0v) is 24.3. The third-order valence-electron chi connectivity index (χ3n) is 7.08. The first-order valence-corrected chi connectivity index (χ1v) is 13.8. The number of aldehydes is 1. The molecule has 8 nitrogen and oxygen atoms in total. The Balaban J connectivity index is 0.000000339. The number of unbranched alkanes of at least 4 members (excludes halogenated alkanes) is 2. The fourth-order valence-electron chi connectivity index (χ4n) is 4.55. The highest BCUT2D eigenvalue weighted by Gasteiger charge is 2.41. The summed E-state index contributed by atoms with van der Waals surface area (Å²) in [5, 5.41) is 0. The highest BCUT2D eigenvalue weighted by molar-refractivity contribution is 14.1. The van der Waals surface area contributed by atoms with E-state index in [4.69, 9.17) is 4.79 Å². The number of anilines is 1. The molecule has 2 fully saturated rings. The molecule has 2 saturated heterocycles. The number of rotatable bonds is 8. The van der Waals surface area contributed by atoms with Crippen LogP contribution < -0.4 is 8.43 Å². The zero-order chi connectivity index (χ0) is 27.0. The van der Waals surface area contributed by atoms with Crippen LogP contribution in [0.15, 0.2) is 24.3 Å². The van der Waals surface area contributed by atoms with E-state index in [0.29, 0.717) is 25.9 Å². The molecule has 36 heavy (non-hydrogen) atoms. The highest BCUT2D eigenvalue weighted by Crippen LogP contribution is 2.35. The van der Waals surface area contributed by atoms with Crippen LogP contribution in [0, 0.1) is 5.41 Å². The lowest BCUT2D eigenvalue weighted by molar-refractivity contribution is -0.139. The standard InChI is InChI=1S/C16H26N2.C10H15IN2O3.CH2O/c1-3-4-5-6-15-7-9-16(10-8-15)18-13-11-17(2)12-14-18;1-8(15)13-5-2-10(3-6-13,4-7-14)9(16)12-11;1-2/h7-10H,3-6,11-14H2,1-2H3;7H,2-6H2,1H3,(H,12,16);1H2. The first-order valence-electron chi connectivity index (χ1n) is 12.8. The number of halogens is 1. The predicted octanol–water partition coefficient (Wildman–Crippen LogP) is 3.66. The summed E-state index contributed by atoms with van der Waals surface area (Å²) >= 11 is 1.79. The molecule has 1 aromatic rings. The maximum absolute atomic E-state index is 11.8. The lowest BCUT2D eigenvalue weighted by atomic mass is 9.75. The van der Waals surface area contributed by atoms with E-state index in [9.17, 15) is 14.4 Å². The van der Waals surface area contributed by atoms with Gasteiger partial charge in [0.25, 0.3) is 0 Å². The Morgan fingerprint density at radius 1 is 1.03 bits per heavy atom. The summed E-state index contributed by atoms with van der Waals surface area (Å²) in [4.78, 5) is 48.2. The summed E-state index contributed by atoms with van der Waals surface area (Å²) in [6.45, 7) is 11.6. The molecular formula is C27H43IN4O4. The van der Waals surface area contributed by atoms with E-state index in [1.807, 2.05) is 6.79 Å². The Morgan fingerprint density at radius 3 is 2.08 bits per heavy atom. The number of hydrogen-bond acceptors (Lipinski definition) is 6. The van der Waals surface area contributed by atoms with Crippen LogP contribution in [0.5, 0.6) is 0 Å². The van der Waals surface area contributed by atoms with Crippen molar-refractivity contribution >= 4 is 53.4 Å². The molecule has 0 aliphatic carbocycles. The van der Waals surface area contributed by atoms with Gasteiger partial charge in [-0.15, -0.1) is 0 Å². The van der Waals surface area contributed by atoms with Crippen molar-refractivity contribution in [3.63, 3.8) is 0 Å². The molecule has 0 spiro atoms. The van der Waals surface area contributed by atoms with Gasteiger partial charge in [-0.05, 0) is 50.4 Å². The predicted molar refractivity (Wildman–Crippen MR) is 153 cm³/mol. The van der Waals surface area contributed by atoms with Crippen molar-refractivity contribution < 1.29 is 19.2 Å². The Morgan fingerprint density at radius 2 is 1.61 bits per heavy atom. The van der Waals surface area contributed by atoms with Gasteiger partial charge in [0, 0.05) is 58.3 Å². The van der Waals surface area contributed by atoms with Crippen LogP contribution >= 0.6 is 22.9 Å². The van der Waals surface area contributed by atoms with Gasteiger partial charge < -0.3 is 24.3 Å². The molecule has 1 N–H and O–H groups in total. The van der Waals surface area contributed by atoms with Gasteiger partial charge in [-0.25, -0.2) is 0 Å². The number of piperazine rings is 1. The first kappa shape index (κ1) is 32.0. The monoisotopic (exact) mass is 614 g/mol. The minimum Gasteiger partial charge on any atom is -0.369 e. The van der Waals surface area contributed by atoms with Gasteiger partial charge in [-0.3, -0.25) is 13.1 Å². The van der Waals surface area contributed by atoms with E-state index < -0.39 is 5.41 Å². The number of hydrogen-bond donors (Lipinski definition) is 1. The molecule has 1 aromatic carbocycles. The van der Waals surface area contributed by atoms with Crippen LogP contribution in [-0.2, 0) is 25.6 Å². The second-order valence-corrected chi connectivity index (χ2v) is 10.0. The number of benzene rings is 1. The van der Waals surface area contributed by atoms with Gasteiger partial charge in [0.1, 0.15) is 13.1 Å². The summed E-state index contributed by atoms with van der Waals surface area (Å²) in [5.74, 6) is -0.0852. The van der Waals surface area contributed by atoms with E-state index in [0.717, 1.165) is 19.4 Å². The van der Waals surface area contributed by atoms with Crippen LogP contribution in [0.2, 0.25) is 0 Å². The minimum atomic E-state index is -0.616. The summed E-state index contributed by atoms with van der Waals surface area (Å²) in [6, 6.07) is 9.21. The van der Waals surface area contributed by atoms with Gasteiger partial charge in [0.05, 0.1) is 28.3 Å². The molecule has 2 aliphatic heterocycles. The van der Waals surface area contributed by atoms with Crippen molar-refractivity contribution in [2.24, 2.45) is 5.41 Å². The molecule has 2 amide bonds. The molecule has 0 saturated carbocycles. The van der Waals surface area contributed by atoms with Gasteiger partial charge in [0.15, 0.2) is 0 Å². The average Bonchev–Trinajstić information content (AvgIpc) is 2.91. The van der Waals surface area contributed by atoms with Gasteiger partial charge in [-0.2, -0.15) is 0 Å². The molecule has 0 atom stereocenters. The molecule has 9 heteroatoms. The normalized spacial score (nSPS) is 17.1. The van der Waals surface area contributed by atoms with Crippen molar-refractivity contribution in [1.29, 1.82) is 0 Å². The van der Waals surface area contributed by atoms with E-state index in [2.05, 4.69) is 51.6 Å². The lowest BCUT2D eigenvalue weighted by Gasteiger charge is -2.38. The summed E-state index contributed by atoms with van der Waals surface area (Å²) in [5.41, 5.74) is 2.26. The topological polar surface area (TPSA) is 90.0 Å². The van der Waals surface area contributed by atoms with Crippen molar-refractivity contribution in [2.45, 2.75) is 58.8 Å². The van der Waals surface area contributed by atoms with Crippen molar-refractivity contribution in [3.8, 4) is 0 Å². The third-order valence-corrected chi connectivity index (χ3v) is 7.57. The summed E-state index contributed by atoms with van der Waals surface area (Å²) in [7, 11) is 2.20. The van der Waals surface area contributed by atoms with E-state index in [1.54, 1.807) is 27.8 Å². The molecule has 3 rings (SSSR count). The molecule has 0 bridgehead atoms. The zero-order valence-electron chi connectivity index (χ0n) is 22.1. The maximum atomic E-state index is 11.8. The number of likely N-dealkylation sites (tertiary alicyclic amines) is 1. The van der Waals surface area contributed by atoms with Crippen molar-refractivity contribution in [3.05, 3.63) is 29.8 Å². The Kier molecular flexibility index (Phi) is 15.5. The minimum absolute atomic E-state index is 0.0228. The van der Waals surface area contributed by atoms with Crippen LogP contribution in [0.3, 0.4) is 0 Å². The second kappa shape index (κ2) is 17.4. The van der Waals surface area contributed by atoms with E-state index in [1.165, 1.54) is 56.9 Å². The smallest absolute Gasteiger partial charge is 0.235 e. The Bertz CT molecular complexity index is 789. The number of amides is 2. The highest BCUT2D eigenvalue weighted by atomic mass is 127. The summed E-state index contributed by atoms with van der Waals surface area (Å²) in [6.07, 6.45) is 7.34. The largest absolute Gasteiger partial charge is 0.369 e. The fourth-order valence-corrected chi connectivity index (χ4v) is 5.12. The molecule has 2 aliphatic rings. The number of likely N-dealkylation sites (N-methyl/N-ethyl adjacent to an activating group) is 1. The van der Waals surface area contributed by atoms with E-state index in [-0.39, 0.29) is 18.2 Å². The first-order chi connectivity index (χ1) is 17.3. The molecule has 0 radical (unpaired) electrons. The molecule has 0 aromatic heterocycles. The fraction of sp³-hybridized carbons (Fsp3) is 0.630. The number of aryl methyl sites for hydroxylation is 1. The van der Waals surface area contributed by atoms with Gasteiger partial charge in [-0.1, -0.05) is 31.9 Å². The molecular weight excluding hydrogens is 571 g/mol. The summed E-state index contributed by atoms with van der Waals surface area (Å²) < 4.78 is 2.57. The van der Waals surface area contributed by atoms with Crippen LogP contribution in [-0.4, -0.2) is 81.0 Å². The van der Waals surface area contributed by atoms with Gasteiger partial charge >= 0.3 is 0 Å². The van der Waals surface area contributed by atoms with Gasteiger partial charge in [0.2, 0.25) is 11.8 Å². The van der Waals surface area contributed by atoms with E-state index >= 15 is 0 Å². The maximum Gasteiger partial charge on any atom is 0.235 e. The number of nitrogens with one attached hydrogen (secondary N) is 1. The lowest BCUT2D eigenvalue weighted by Crippen LogP contribution is -2.48. The third kappa shape index (κ3) is 10.2. The van der Waals surface area contributed by atoms with Crippen LogP contribution in [0.25, 0.3) is 0 Å². The Labute approximate surface area is 230 Å². The van der Waals surface area contributed by atoms with Crippen LogP contribution in [0.4, 0.5) is 5.69 Å². The van der Waals surface area contributed by atoms with Crippen LogP contribution in [0.1, 0.15) is 57.9 Å². The van der Waals surface area contributed by atoms with Crippen molar-refractivity contribution in [1.82, 2.24) is 13.3 Å². The molecule has 0 unspecified atom stereocenters. The molecule has 2 heterocycles. The average molecular weight is 615 g/mol. The SMILES string of the molecule is C=O.CC(=O)N1CCC(CC=O)(C(=O)NI)CC1.CCCCCc1ccc(N2CCN(C)CC2)cc1. The van der Waals surface area contributed by atoms with Crippen molar-refractivity contribution in [2.75, 3.05) is 51.2 Å². The number of carbonyl (C=O) groups is 4. The number of carbonyl (C=O) groups excluding carboxylic acids is 4. The second-order valence-electron chi connectivity index (χ2n) is 9.49. The number of nitrogens with zero attached hydrogens (tertiary/aromatic N) is 3. The quantitative estimate of drug-likeness (QED) is 0.208. The molecule has 202 valence electrons. The Hall–Kier alpha value is -2.01. The number of piperidine rings is 1.